The predicted octanol–water partition coefficient (Wildman–Crippen LogP) is 17.6. The van der Waals surface area contributed by atoms with E-state index < -0.39 is 0 Å². The van der Waals surface area contributed by atoms with Crippen LogP contribution in [-0.2, 0) is 0 Å². The number of nitrogens with zero attached hydrogens (tertiary/aromatic N) is 5. The molecule has 73 heavy (non-hydrogen) atoms. The molecule has 0 unspecified atom stereocenters. The standard InChI is InChI=1S/C67H39N5O/c1-2-21-49(22-3-1)71-58-25-13-12-24-51(58)53-35-48(29-31-59(53)71)66-68-65(47-27-26-40-14-4-5-16-42(40)32-47)69-67(70-66)57-39-63-56(52-30-28-41-15-10-11-23-50(41)64(52)73-63)38-62(57)72-60-36-45-19-8-6-17-43(45)33-54(60)55-34-44-18-7-9-20-46(44)37-61(55)72/h1-39H. The van der Waals surface area contributed by atoms with E-state index in [2.05, 4.69) is 246 Å². The van der Waals surface area contributed by atoms with Crippen LogP contribution in [-0.4, -0.2) is 24.1 Å². The summed E-state index contributed by atoms with van der Waals surface area (Å²) in [6.45, 7) is 0. The summed E-state index contributed by atoms with van der Waals surface area (Å²) < 4.78 is 11.8. The largest absolute Gasteiger partial charge is 0.455 e. The van der Waals surface area contributed by atoms with E-state index in [1.807, 2.05) is 0 Å². The van der Waals surface area contributed by atoms with Gasteiger partial charge in [-0.05, 0) is 123 Å². The van der Waals surface area contributed by atoms with Crippen LogP contribution in [0.5, 0.6) is 0 Å². The normalized spacial score (nSPS) is 12.1. The molecular weight excluding hydrogens is 891 g/mol. The van der Waals surface area contributed by atoms with Crippen LogP contribution in [0, 0.1) is 0 Å². The zero-order valence-electron chi connectivity index (χ0n) is 39.2. The summed E-state index contributed by atoms with van der Waals surface area (Å²) in [7, 11) is 0. The molecule has 0 fully saturated rings. The highest BCUT2D eigenvalue weighted by molar-refractivity contribution is 6.19. The maximum atomic E-state index is 7.01. The van der Waals surface area contributed by atoms with Crippen LogP contribution in [0.1, 0.15) is 0 Å². The number of benzene rings is 12. The minimum Gasteiger partial charge on any atom is -0.455 e. The Hall–Kier alpha value is -9.91. The van der Waals surface area contributed by atoms with Crippen molar-refractivity contribution in [2.75, 3.05) is 0 Å². The lowest BCUT2D eigenvalue weighted by molar-refractivity contribution is 0.672. The van der Waals surface area contributed by atoms with Crippen molar-refractivity contribution >= 4 is 109 Å². The molecule has 16 aromatic rings. The van der Waals surface area contributed by atoms with Crippen molar-refractivity contribution in [3.63, 3.8) is 0 Å². The fourth-order valence-corrected chi connectivity index (χ4v) is 11.6. The Morgan fingerprint density at radius 1 is 0.288 bits per heavy atom. The third kappa shape index (κ3) is 6.08. The highest BCUT2D eigenvalue weighted by Crippen LogP contribution is 2.44. The molecule has 0 bridgehead atoms. The van der Waals surface area contributed by atoms with Gasteiger partial charge in [-0.15, -0.1) is 0 Å². The smallest absolute Gasteiger partial charge is 0.166 e. The highest BCUT2D eigenvalue weighted by atomic mass is 16.3. The molecule has 0 saturated heterocycles. The van der Waals surface area contributed by atoms with Gasteiger partial charge in [-0.3, -0.25) is 0 Å². The van der Waals surface area contributed by atoms with Crippen LogP contribution < -0.4 is 0 Å². The number of para-hydroxylation sites is 2. The van der Waals surface area contributed by atoms with Crippen LogP contribution in [0.25, 0.3) is 154 Å². The molecule has 4 aromatic heterocycles. The Morgan fingerprint density at radius 2 is 0.808 bits per heavy atom. The van der Waals surface area contributed by atoms with Gasteiger partial charge in [0.2, 0.25) is 0 Å². The molecule has 16 rings (SSSR count). The molecule has 0 amide bonds. The molecule has 338 valence electrons. The number of aromatic nitrogens is 5. The molecule has 4 heterocycles. The van der Waals surface area contributed by atoms with Gasteiger partial charge in [-0.2, -0.15) is 0 Å². The van der Waals surface area contributed by atoms with Crippen molar-refractivity contribution in [2.45, 2.75) is 0 Å². The maximum absolute atomic E-state index is 7.01. The Labute approximate surface area is 417 Å². The Morgan fingerprint density at radius 3 is 1.52 bits per heavy atom. The van der Waals surface area contributed by atoms with Crippen molar-refractivity contribution in [2.24, 2.45) is 0 Å². The van der Waals surface area contributed by atoms with Crippen LogP contribution in [0.15, 0.2) is 241 Å². The lowest BCUT2D eigenvalue weighted by atomic mass is 10.0. The molecule has 0 aliphatic heterocycles. The number of furan rings is 1. The van der Waals surface area contributed by atoms with E-state index in [0.717, 1.165) is 115 Å². The van der Waals surface area contributed by atoms with Crippen LogP contribution in [0.3, 0.4) is 0 Å². The first-order valence-electron chi connectivity index (χ1n) is 24.7. The number of hydrogen-bond donors (Lipinski definition) is 0. The van der Waals surface area contributed by atoms with Crippen molar-refractivity contribution in [1.29, 1.82) is 0 Å². The van der Waals surface area contributed by atoms with Gasteiger partial charge in [0.25, 0.3) is 0 Å². The van der Waals surface area contributed by atoms with Crippen LogP contribution in [0.2, 0.25) is 0 Å². The molecule has 0 radical (unpaired) electrons. The highest BCUT2D eigenvalue weighted by Gasteiger charge is 2.24. The van der Waals surface area contributed by atoms with Crippen molar-refractivity contribution in [3.05, 3.63) is 237 Å². The van der Waals surface area contributed by atoms with E-state index in [4.69, 9.17) is 19.4 Å². The fourth-order valence-electron chi connectivity index (χ4n) is 11.6. The first kappa shape index (κ1) is 39.9. The summed E-state index contributed by atoms with van der Waals surface area (Å²) in [5, 5.41) is 15.8. The minimum atomic E-state index is 0.541. The van der Waals surface area contributed by atoms with Gasteiger partial charge in [-0.25, -0.2) is 15.0 Å². The second-order valence-corrected chi connectivity index (χ2v) is 19.2. The molecular formula is C67H39N5O. The van der Waals surface area contributed by atoms with Gasteiger partial charge < -0.3 is 13.6 Å². The van der Waals surface area contributed by atoms with Crippen LogP contribution >= 0.6 is 0 Å². The molecule has 0 spiro atoms. The van der Waals surface area contributed by atoms with E-state index >= 15 is 0 Å². The first-order valence-corrected chi connectivity index (χ1v) is 24.7. The lowest BCUT2D eigenvalue weighted by Crippen LogP contribution is -2.04. The van der Waals surface area contributed by atoms with Gasteiger partial charge in [0.15, 0.2) is 17.5 Å². The summed E-state index contributed by atoms with van der Waals surface area (Å²) in [4.78, 5) is 16.5. The van der Waals surface area contributed by atoms with Gasteiger partial charge in [0.05, 0.1) is 27.8 Å². The summed E-state index contributed by atoms with van der Waals surface area (Å²) >= 11 is 0. The van der Waals surface area contributed by atoms with Gasteiger partial charge in [0.1, 0.15) is 11.2 Å². The SMILES string of the molecule is c1ccc(-n2c3ccccc3c3cc(-c4nc(-c5ccc6ccccc6c5)nc(-c5cc6oc7c8ccccc8ccc7c6cc5-n5c6cc7ccccc7cc6c6cc7ccccc7cc65)n4)ccc32)cc1. The van der Waals surface area contributed by atoms with E-state index in [9.17, 15) is 0 Å². The zero-order chi connectivity index (χ0) is 47.7. The third-order valence-corrected chi connectivity index (χ3v) is 15.0. The third-order valence-electron chi connectivity index (χ3n) is 15.0. The predicted molar refractivity (Wildman–Crippen MR) is 302 cm³/mol. The monoisotopic (exact) mass is 929 g/mol. The summed E-state index contributed by atoms with van der Waals surface area (Å²) in [6, 6.07) is 84.7. The Kier molecular flexibility index (Phi) is 8.36. The molecule has 12 aromatic carbocycles. The molecule has 0 N–H and O–H groups in total. The Bertz CT molecular complexity index is 4890. The molecule has 0 aliphatic carbocycles. The average molecular weight is 930 g/mol. The van der Waals surface area contributed by atoms with Crippen molar-refractivity contribution < 1.29 is 4.42 Å². The van der Waals surface area contributed by atoms with E-state index in [1.54, 1.807) is 0 Å². The first-order chi connectivity index (χ1) is 36.1. The van der Waals surface area contributed by atoms with Crippen molar-refractivity contribution in [1.82, 2.24) is 24.1 Å². The summed E-state index contributed by atoms with van der Waals surface area (Å²) in [5.41, 5.74) is 10.7. The Balaban J connectivity index is 1.02. The zero-order valence-corrected chi connectivity index (χ0v) is 39.2. The molecule has 6 nitrogen and oxygen atoms in total. The molecule has 0 saturated carbocycles. The van der Waals surface area contributed by atoms with Gasteiger partial charge in [0, 0.05) is 60.1 Å². The summed E-state index contributed by atoms with van der Waals surface area (Å²) in [5.74, 6) is 1.70. The molecule has 6 heteroatoms. The van der Waals surface area contributed by atoms with Gasteiger partial charge in [-0.1, -0.05) is 152 Å². The topological polar surface area (TPSA) is 61.7 Å². The van der Waals surface area contributed by atoms with E-state index in [-0.39, 0.29) is 0 Å². The minimum absolute atomic E-state index is 0.541. The second kappa shape index (κ2) is 15.3. The van der Waals surface area contributed by atoms with E-state index in [0.29, 0.717) is 17.5 Å². The molecule has 0 aliphatic rings. The second-order valence-electron chi connectivity index (χ2n) is 19.2. The van der Waals surface area contributed by atoms with Gasteiger partial charge >= 0.3 is 0 Å². The number of hydrogen-bond acceptors (Lipinski definition) is 4. The van der Waals surface area contributed by atoms with Crippen LogP contribution in [0.4, 0.5) is 0 Å². The average Bonchev–Trinajstić information content (AvgIpc) is 4.10. The lowest BCUT2D eigenvalue weighted by Gasteiger charge is -2.16. The molecule has 0 atom stereocenters. The number of fused-ring (bicyclic) bond motifs is 14. The summed E-state index contributed by atoms with van der Waals surface area (Å²) in [6.07, 6.45) is 0. The quantitative estimate of drug-likeness (QED) is 0.173. The maximum Gasteiger partial charge on any atom is 0.166 e. The van der Waals surface area contributed by atoms with E-state index in [1.165, 1.54) is 21.5 Å². The van der Waals surface area contributed by atoms with Crippen molar-refractivity contribution in [3.8, 4) is 45.5 Å². The fraction of sp³-hybridized carbons (Fsp3) is 0. The number of rotatable bonds is 5.